The van der Waals surface area contributed by atoms with E-state index < -0.39 is 0 Å². The molecule has 21 heavy (non-hydrogen) atoms. The van der Waals surface area contributed by atoms with Gasteiger partial charge < -0.3 is 15.0 Å². The quantitative estimate of drug-likeness (QED) is 0.770. The predicted octanol–water partition coefficient (Wildman–Crippen LogP) is 1.99. The highest BCUT2D eigenvalue weighted by Gasteiger charge is 2.20. The number of hydrogen-bond acceptors (Lipinski definition) is 4. The van der Waals surface area contributed by atoms with Crippen molar-refractivity contribution in [1.29, 1.82) is 0 Å². The summed E-state index contributed by atoms with van der Waals surface area (Å²) in [6.45, 7) is 0. The molecule has 0 spiro atoms. The van der Waals surface area contributed by atoms with Crippen LogP contribution in [0.4, 0.5) is 0 Å². The zero-order valence-electron chi connectivity index (χ0n) is 11.7. The van der Waals surface area contributed by atoms with Crippen LogP contribution in [0, 0.1) is 0 Å². The van der Waals surface area contributed by atoms with Gasteiger partial charge in [-0.1, -0.05) is 12.1 Å². The van der Waals surface area contributed by atoms with Crippen molar-refractivity contribution < 1.29 is 9.53 Å². The second kappa shape index (κ2) is 5.24. The topological polar surface area (TPSA) is 79.9 Å². The van der Waals surface area contributed by atoms with Crippen LogP contribution < -0.4 is 10.1 Å². The molecule has 0 unspecified atom stereocenters. The molecule has 0 atom stereocenters. The van der Waals surface area contributed by atoms with Crippen LogP contribution in [0.1, 0.15) is 10.5 Å². The number of carbonyl (C=O) groups excluding carboxylic acids is 1. The molecule has 0 saturated carbocycles. The minimum atomic E-state index is -0.288. The lowest BCUT2D eigenvalue weighted by Crippen LogP contribution is -2.20. The molecule has 0 saturated heterocycles. The highest BCUT2D eigenvalue weighted by molar-refractivity contribution is 6.00. The van der Waals surface area contributed by atoms with Gasteiger partial charge in [0.05, 0.1) is 23.7 Å². The van der Waals surface area contributed by atoms with Crippen molar-refractivity contribution in [3.63, 3.8) is 0 Å². The molecule has 106 valence electrons. The Morgan fingerprint density at radius 1 is 1.29 bits per heavy atom. The molecular formula is C15H14N4O2. The van der Waals surface area contributed by atoms with Crippen molar-refractivity contribution in [2.45, 2.75) is 0 Å². The van der Waals surface area contributed by atoms with E-state index in [4.69, 9.17) is 4.74 Å². The summed E-state index contributed by atoms with van der Waals surface area (Å²) in [5, 5.41) is 2.58. The first-order valence-electron chi connectivity index (χ1n) is 6.44. The number of amides is 1. The summed E-state index contributed by atoms with van der Waals surface area (Å²) in [4.78, 5) is 23.9. The van der Waals surface area contributed by atoms with E-state index in [0.29, 0.717) is 17.1 Å². The molecule has 2 N–H and O–H groups in total. The number of pyridine rings is 1. The number of aromatic amines is 1. The smallest absolute Gasteiger partial charge is 0.270 e. The first-order chi connectivity index (χ1) is 10.2. The first kappa shape index (κ1) is 13.1. The van der Waals surface area contributed by atoms with Crippen molar-refractivity contribution in [2.24, 2.45) is 0 Å². The summed E-state index contributed by atoms with van der Waals surface area (Å²) in [6.07, 6.45) is 1.54. The molecule has 6 heteroatoms. The molecule has 1 amide bonds. The molecule has 0 fully saturated rings. The Balaban J connectivity index is 2.26. The van der Waals surface area contributed by atoms with E-state index in [1.807, 2.05) is 24.3 Å². The number of para-hydroxylation sites is 2. The number of H-pyrrole nitrogens is 1. The minimum Gasteiger partial charge on any atom is -0.496 e. The maximum absolute atomic E-state index is 12.0. The molecule has 0 radical (unpaired) electrons. The maximum Gasteiger partial charge on any atom is 0.270 e. The average molecular weight is 282 g/mol. The summed E-state index contributed by atoms with van der Waals surface area (Å²) in [6, 6.07) is 9.36. The molecule has 2 aromatic heterocycles. The fourth-order valence-electron chi connectivity index (χ4n) is 2.20. The van der Waals surface area contributed by atoms with E-state index in [1.165, 1.54) is 6.20 Å². The maximum atomic E-state index is 12.0. The number of hydrogen-bond donors (Lipinski definition) is 2. The molecule has 0 aliphatic rings. The highest BCUT2D eigenvalue weighted by Crippen LogP contribution is 2.31. The first-order valence-corrected chi connectivity index (χ1v) is 6.44. The van der Waals surface area contributed by atoms with E-state index in [-0.39, 0.29) is 11.6 Å². The number of fused-ring (bicyclic) bond motifs is 1. The predicted molar refractivity (Wildman–Crippen MR) is 79.3 cm³/mol. The van der Waals surface area contributed by atoms with Crippen molar-refractivity contribution >= 4 is 16.9 Å². The number of benzene rings is 1. The number of methoxy groups -OCH3 is 1. The second-order valence-corrected chi connectivity index (χ2v) is 4.42. The SMILES string of the molecule is CNC(=O)c1nccc(OC)c1-c1nc2ccccc2[nH]1. The molecule has 0 aliphatic carbocycles. The van der Waals surface area contributed by atoms with E-state index in [1.54, 1.807) is 20.2 Å². The standard InChI is InChI=1S/C15H14N4O2/c1-16-15(20)13-12(11(21-2)7-8-17-13)14-18-9-5-3-4-6-10(9)19-14/h3-8H,1-2H3,(H,16,20)(H,18,19). The van der Waals surface area contributed by atoms with Crippen LogP contribution in [0.5, 0.6) is 5.75 Å². The summed E-state index contributed by atoms with van der Waals surface area (Å²) >= 11 is 0. The number of imidazole rings is 1. The Labute approximate surface area is 121 Å². The summed E-state index contributed by atoms with van der Waals surface area (Å²) in [5.41, 5.74) is 2.54. The summed E-state index contributed by atoms with van der Waals surface area (Å²) in [5.74, 6) is 0.812. The Morgan fingerprint density at radius 3 is 2.81 bits per heavy atom. The number of carbonyl (C=O) groups is 1. The third-order valence-corrected chi connectivity index (χ3v) is 3.20. The number of nitrogens with one attached hydrogen (secondary N) is 2. The van der Waals surface area contributed by atoms with Crippen LogP contribution in [0.3, 0.4) is 0 Å². The zero-order chi connectivity index (χ0) is 14.8. The van der Waals surface area contributed by atoms with Gasteiger partial charge in [-0.3, -0.25) is 9.78 Å². The van der Waals surface area contributed by atoms with Crippen LogP contribution in [0.25, 0.3) is 22.4 Å². The molecule has 0 bridgehead atoms. The van der Waals surface area contributed by atoms with E-state index >= 15 is 0 Å². The lowest BCUT2D eigenvalue weighted by Gasteiger charge is -2.09. The van der Waals surface area contributed by atoms with Gasteiger partial charge in [-0.2, -0.15) is 0 Å². The highest BCUT2D eigenvalue weighted by atomic mass is 16.5. The molecular weight excluding hydrogens is 268 g/mol. The van der Waals surface area contributed by atoms with Crippen LogP contribution in [-0.2, 0) is 0 Å². The minimum absolute atomic E-state index is 0.274. The molecule has 3 aromatic rings. The molecule has 2 heterocycles. The van der Waals surface area contributed by atoms with Gasteiger partial charge in [-0.25, -0.2) is 4.98 Å². The molecule has 6 nitrogen and oxygen atoms in total. The normalized spacial score (nSPS) is 10.6. The Morgan fingerprint density at radius 2 is 2.10 bits per heavy atom. The van der Waals surface area contributed by atoms with Gasteiger partial charge in [0.2, 0.25) is 0 Å². The molecule has 3 rings (SSSR count). The van der Waals surface area contributed by atoms with Gasteiger partial charge in [-0.05, 0) is 18.2 Å². The second-order valence-electron chi connectivity index (χ2n) is 4.42. The fourth-order valence-corrected chi connectivity index (χ4v) is 2.20. The average Bonchev–Trinajstić information content (AvgIpc) is 2.96. The fraction of sp³-hybridized carbons (Fsp3) is 0.133. The molecule has 1 aromatic carbocycles. The van der Waals surface area contributed by atoms with Gasteiger partial charge >= 0.3 is 0 Å². The van der Waals surface area contributed by atoms with Gasteiger partial charge in [0.25, 0.3) is 5.91 Å². The Hall–Kier alpha value is -2.89. The van der Waals surface area contributed by atoms with Gasteiger partial charge in [0.15, 0.2) is 0 Å². The zero-order valence-corrected chi connectivity index (χ0v) is 11.7. The van der Waals surface area contributed by atoms with Crippen molar-refractivity contribution in [3.05, 3.63) is 42.2 Å². The van der Waals surface area contributed by atoms with E-state index in [0.717, 1.165) is 11.0 Å². The monoisotopic (exact) mass is 282 g/mol. The van der Waals surface area contributed by atoms with E-state index in [9.17, 15) is 4.79 Å². The van der Waals surface area contributed by atoms with Crippen LogP contribution >= 0.6 is 0 Å². The van der Waals surface area contributed by atoms with Crippen LogP contribution in [-0.4, -0.2) is 35.0 Å². The lowest BCUT2D eigenvalue weighted by molar-refractivity contribution is 0.0958. The van der Waals surface area contributed by atoms with Crippen molar-refractivity contribution in [2.75, 3.05) is 14.2 Å². The number of ether oxygens (including phenoxy) is 1. The van der Waals surface area contributed by atoms with Crippen molar-refractivity contribution in [3.8, 4) is 17.1 Å². The number of rotatable bonds is 3. The lowest BCUT2D eigenvalue weighted by atomic mass is 10.1. The third kappa shape index (κ3) is 2.20. The summed E-state index contributed by atoms with van der Waals surface area (Å²) < 4.78 is 5.35. The Kier molecular flexibility index (Phi) is 3.27. The number of aromatic nitrogens is 3. The van der Waals surface area contributed by atoms with Gasteiger partial charge in [0, 0.05) is 13.2 Å². The Bertz CT molecular complexity index is 777. The van der Waals surface area contributed by atoms with E-state index in [2.05, 4.69) is 20.3 Å². The van der Waals surface area contributed by atoms with Crippen molar-refractivity contribution in [1.82, 2.24) is 20.3 Å². The van der Waals surface area contributed by atoms with Crippen LogP contribution in [0.2, 0.25) is 0 Å². The van der Waals surface area contributed by atoms with Gasteiger partial charge in [-0.15, -0.1) is 0 Å². The third-order valence-electron chi connectivity index (χ3n) is 3.20. The summed E-state index contributed by atoms with van der Waals surface area (Å²) in [7, 11) is 3.11. The van der Waals surface area contributed by atoms with Crippen LogP contribution in [0.15, 0.2) is 36.5 Å². The number of nitrogens with zero attached hydrogens (tertiary/aromatic N) is 2. The molecule has 0 aliphatic heterocycles. The largest absolute Gasteiger partial charge is 0.496 e. The van der Waals surface area contributed by atoms with Gasteiger partial charge in [0.1, 0.15) is 17.3 Å².